The van der Waals surface area contributed by atoms with Gasteiger partial charge in [0.05, 0.1) is 24.9 Å². The van der Waals surface area contributed by atoms with Gasteiger partial charge >= 0.3 is 0 Å². The molecule has 0 radical (unpaired) electrons. The molecule has 0 aromatic heterocycles. The number of hydrogen-bond donors (Lipinski definition) is 1. The highest BCUT2D eigenvalue weighted by Crippen LogP contribution is 2.24. The smallest absolute Gasteiger partial charge is 0.193 e. The van der Waals surface area contributed by atoms with E-state index in [0.29, 0.717) is 18.3 Å². The van der Waals surface area contributed by atoms with Crippen molar-refractivity contribution < 1.29 is 14.2 Å². The van der Waals surface area contributed by atoms with Gasteiger partial charge in [-0.3, -0.25) is 4.99 Å². The lowest BCUT2D eigenvalue weighted by atomic mass is 10.1. The van der Waals surface area contributed by atoms with Gasteiger partial charge in [-0.05, 0) is 81.9 Å². The highest BCUT2D eigenvalue weighted by molar-refractivity contribution is 5.79. The van der Waals surface area contributed by atoms with E-state index in [1.54, 1.807) is 0 Å². The zero-order valence-electron chi connectivity index (χ0n) is 19.8. The predicted molar refractivity (Wildman–Crippen MR) is 129 cm³/mol. The number of nitrogens with one attached hydrogen (secondary N) is 1. The molecule has 2 saturated heterocycles. The van der Waals surface area contributed by atoms with Gasteiger partial charge in [-0.15, -0.1) is 0 Å². The Bertz CT molecular complexity index is 689. The van der Waals surface area contributed by atoms with Crippen molar-refractivity contribution in [2.75, 3.05) is 39.9 Å². The van der Waals surface area contributed by atoms with Crippen molar-refractivity contribution >= 4 is 5.96 Å². The first-order chi connectivity index (χ1) is 15.8. The lowest BCUT2D eigenvalue weighted by Crippen LogP contribution is -2.47. The fourth-order valence-electron chi connectivity index (χ4n) is 5.00. The van der Waals surface area contributed by atoms with Crippen molar-refractivity contribution in [2.24, 2.45) is 4.99 Å². The molecule has 6 nitrogen and oxygen atoms in total. The van der Waals surface area contributed by atoms with Gasteiger partial charge in [0.2, 0.25) is 0 Å². The first kappa shape index (κ1) is 23.4. The Balaban J connectivity index is 1.13. The van der Waals surface area contributed by atoms with Crippen LogP contribution in [0.1, 0.15) is 63.4 Å². The number of aliphatic imine (C=N–C) groups is 1. The Morgan fingerprint density at radius 1 is 1.00 bits per heavy atom. The van der Waals surface area contributed by atoms with Crippen LogP contribution in [0.4, 0.5) is 0 Å². The molecule has 3 aliphatic rings. The van der Waals surface area contributed by atoms with Crippen LogP contribution in [0.2, 0.25) is 0 Å². The van der Waals surface area contributed by atoms with Crippen molar-refractivity contribution in [2.45, 2.75) is 82.5 Å². The van der Waals surface area contributed by atoms with Crippen LogP contribution in [0.5, 0.6) is 5.75 Å². The van der Waals surface area contributed by atoms with Gasteiger partial charge in [-0.1, -0.05) is 12.1 Å². The summed E-state index contributed by atoms with van der Waals surface area (Å²) in [6.07, 6.45) is 12.8. The molecule has 1 aromatic carbocycles. The molecule has 1 atom stereocenters. The molecular weight excluding hydrogens is 402 g/mol. The maximum Gasteiger partial charge on any atom is 0.193 e. The van der Waals surface area contributed by atoms with E-state index in [2.05, 4.69) is 39.5 Å². The van der Waals surface area contributed by atoms with Gasteiger partial charge < -0.3 is 24.4 Å². The molecule has 0 spiro atoms. The molecule has 178 valence electrons. The van der Waals surface area contributed by atoms with E-state index < -0.39 is 0 Å². The quantitative estimate of drug-likeness (QED) is 0.483. The van der Waals surface area contributed by atoms with Gasteiger partial charge in [0.25, 0.3) is 0 Å². The number of hydrogen-bond acceptors (Lipinski definition) is 4. The summed E-state index contributed by atoms with van der Waals surface area (Å²) >= 11 is 0. The Morgan fingerprint density at radius 3 is 2.44 bits per heavy atom. The molecule has 3 fully saturated rings. The molecule has 4 rings (SSSR count). The Kier molecular flexibility index (Phi) is 9.09. The predicted octanol–water partition coefficient (Wildman–Crippen LogP) is 4.18. The maximum atomic E-state index is 6.15. The normalized spacial score (nSPS) is 23.5. The average molecular weight is 444 g/mol. The second-order valence-corrected chi connectivity index (χ2v) is 9.40. The van der Waals surface area contributed by atoms with Crippen LogP contribution in [0.3, 0.4) is 0 Å². The summed E-state index contributed by atoms with van der Waals surface area (Å²) < 4.78 is 18.0. The largest absolute Gasteiger partial charge is 0.490 e. The number of piperidine rings is 1. The highest BCUT2D eigenvalue weighted by atomic mass is 16.5. The van der Waals surface area contributed by atoms with Gasteiger partial charge in [-0.2, -0.15) is 0 Å². The second kappa shape index (κ2) is 12.4. The van der Waals surface area contributed by atoms with Gasteiger partial charge in [0, 0.05) is 33.3 Å². The van der Waals surface area contributed by atoms with Crippen LogP contribution in [0, 0.1) is 0 Å². The van der Waals surface area contributed by atoms with Crippen LogP contribution < -0.4 is 10.1 Å². The maximum absolute atomic E-state index is 6.15. The first-order valence-electron chi connectivity index (χ1n) is 12.7. The van der Waals surface area contributed by atoms with E-state index in [-0.39, 0.29) is 0 Å². The summed E-state index contributed by atoms with van der Waals surface area (Å²) in [6, 6.07) is 8.61. The summed E-state index contributed by atoms with van der Waals surface area (Å²) in [4.78, 5) is 6.87. The van der Waals surface area contributed by atoms with E-state index in [9.17, 15) is 0 Å². The van der Waals surface area contributed by atoms with Gasteiger partial charge in [-0.25, -0.2) is 0 Å². The molecule has 1 unspecified atom stereocenters. The first-order valence-corrected chi connectivity index (χ1v) is 12.7. The lowest BCUT2D eigenvalue weighted by Gasteiger charge is -2.35. The zero-order chi connectivity index (χ0) is 22.0. The minimum Gasteiger partial charge on any atom is -0.490 e. The van der Waals surface area contributed by atoms with E-state index in [1.807, 2.05) is 7.05 Å². The van der Waals surface area contributed by atoms with Crippen molar-refractivity contribution in [1.82, 2.24) is 10.2 Å². The molecule has 2 aliphatic heterocycles. The molecular formula is C26H41N3O3. The number of benzene rings is 1. The van der Waals surface area contributed by atoms with Gasteiger partial charge in [0.1, 0.15) is 5.75 Å². The van der Waals surface area contributed by atoms with E-state index in [0.717, 1.165) is 70.2 Å². The van der Waals surface area contributed by atoms with Gasteiger partial charge in [0.15, 0.2) is 5.96 Å². The number of nitrogens with zero attached hydrogens (tertiary/aromatic N) is 2. The summed E-state index contributed by atoms with van der Waals surface area (Å²) in [5.74, 6) is 2.00. The summed E-state index contributed by atoms with van der Waals surface area (Å²) in [6.45, 7) is 4.51. The minimum absolute atomic E-state index is 0.305. The monoisotopic (exact) mass is 443 g/mol. The average Bonchev–Trinajstić information content (AvgIpc) is 3.36. The van der Waals surface area contributed by atoms with Crippen LogP contribution in [0.25, 0.3) is 0 Å². The van der Waals surface area contributed by atoms with Crippen molar-refractivity contribution in [3.8, 4) is 5.75 Å². The molecule has 1 aromatic rings. The molecule has 1 saturated carbocycles. The van der Waals surface area contributed by atoms with Crippen molar-refractivity contribution in [3.63, 3.8) is 0 Å². The minimum atomic E-state index is 0.305. The van der Waals surface area contributed by atoms with Crippen molar-refractivity contribution in [3.05, 3.63) is 29.8 Å². The number of ether oxygens (including phenoxy) is 3. The molecule has 0 amide bonds. The highest BCUT2D eigenvalue weighted by Gasteiger charge is 2.23. The molecule has 32 heavy (non-hydrogen) atoms. The fraction of sp³-hybridized carbons (Fsp3) is 0.731. The summed E-state index contributed by atoms with van der Waals surface area (Å²) in [5.41, 5.74) is 1.32. The molecule has 1 aliphatic carbocycles. The number of guanidine groups is 1. The Morgan fingerprint density at radius 2 is 1.75 bits per heavy atom. The molecule has 0 bridgehead atoms. The Labute approximate surface area is 193 Å². The molecule has 1 N–H and O–H groups in total. The van der Waals surface area contributed by atoms with Crippen LogP contribution in [-0.4, -0.2) is 69.1 Å². The number of likely N-dealkylation sites (tertiary alicyclic amines) is 1. The number of rotatable bonds is 8. The van der Waals surface area contributed by atoms with Crippen LogP contribution >= 0.6 is 0 Å². The van der Waals surface area contributed by atoms with Crippen LogP contribution in [-0.2, 0) is 15.9 Å². The molecule has 2 heterocycles. The fourth-order valence-corrected chi connectivity index (χ4v) is 5.00. The summed E-state index contributed by atoms with van der Waals surface area (Å²) in [7, 11) is 1.88. The topological polar surface area (TPSA) is 55.3 Å². The van der Waals surface area contributed by atoms with Crippen molar-refractivity contribution in [1.29, 1.82) is 0 Å². The Hall–Kier alpha value is -1.79. The third-order valence-corrected chi connectivity index (χ3v) is 6.97. The SMILES string of the molecule is CN=C(NCCc1ccc(OC2CCCC2)cc1)N1CCC(OCC2CCCCO2)CC1. The standard InChI is InChI=1S/C26H41N3O3/c1-27-26(29-17-14-22(15-18-29)31-20-25-8-4-5-19-30-25)28-16-13-21-9-11-24(12-10-21)32-23-6-2-3-7-23/h9-12,22-23,25H,2-8,13-20H2,1H3,(H,27,28). The third-order valence-electron chi connectivity index (χ3n) is 6.97. The second-order valence-electron chi connectivity index (χ2n) is 9.40. The zero-order valence-corrected chi connectivity index (χ0v) is 19.8. The van der Waals surface area contributed by atoms with E-state index in [1.165, 1.54) is 44.1 Å². The van der Waals surface area contributed by atoms with Crippen LogP contribution in [0.15, 0.2) is 29.3 Å². The lowest BCUT2D eigenvalue weighted by molar-refractivity contribution is -0.0721. The van der Waals surface area contributed by atoms with E-state index >= 15 is 0 Å². The summed E-state index contributed by atoms with van der Waals surface area (Å²) in [5, 5.41) is 3.54. The molecule has 6 heteroatoms. The third kappa shape index (κ3) is 7.11. The van der Waals surface area contributed by atoms with E-state index in [4.69, 9.17) is 14.2 Å².